The van der Waals surface area contributed by atoms with E-state index in [-0.39, 0.29) is 11.4 Å². The molecule has 0 aliphatic heterocycles. The molecule has 140 valence electrons. The highest BCUT2D eigenvalue weighted by atomic mass is 35.5. The van der Waals surface area contributed by atoms with Crippen molar-refractivity contribution in [1.29, 1.82) is 0 Å². The summed E-state index contributed by atoms with van der Waals surface area (Å²) in [4.78, 5) is 12.4. The highest BCUT2D eigenvalue weighted by Gasteiger charge is 2.26. The predicted molar refractivity (Wildman–Crippen MR) is 101 cm³/mol. The molecule has 7 nitrogen and oxygen atoms in total. The van der Waals surface area contributed by atoms with Crippen LogP contribution in [0.15, 0.2) is 47.0 Å². The summed E-state index contributed by atoms with van der Waals surface area (Å²) in [5, 5.41) is 7.62. The number of esters is 1. The van der Waals surface area contributed by atoms with Gasteiger partial charge in [-0.3, -0.25) is 0 Å². The second-order valence-corrected chi connectivity index (χ2v) is 5.86. The molecule has 3 rings (SSSR count). The lowest BCUT2D eigenvalue weighted by atomic mass is 10.1. The normalized spacial score (nSPS) is 10.4. The molecule has 27 heavy (non-hydrogen) atoms. The highest BCUT2D eigenvalue weighted by Crippen LogP contribution is 2.36. The Bertz CT molecular complexity index is 953. The van der Waals surface area contributed by atoms with Crippen LogP contribution in [0.3, 0.4) is 0 Å². The lowest BCUT2D eigenvalue weighted by molar-refractivity contribution is 0.0602. The molecule has 8 heteroatoms. The van der Waals surface area contributed by atoms with Crippen LogP contribution in [-0.2, 0) is 4.74 Å². The average Bonchev–Trinajstić information content (AvgIpc) is 3.11. The first-order chi connectivity index (χ1) is 13.1. The zero-order valence-electron chi connectivity index (χ0n) is 14.9. The van der Waals surface area contributed by atoms with Gasteiger partial charge in [-0.2, -0.15) is 0 Å². The van der Waals surface area contributed by atoms with E-state index in [1.807, 2.05) is 0 Å². The second-order valence-electron chi connectivity index (χ2n) is 5.42. The van der Waals surface area contributed by atoms with E-state index in [1.165, 1.54) is 14.2 Å². The van der Waals surface area contributed by atoms with Crippen molar-refractivity contribution < 1.29 is 23.5 Å². The van der Waals surface area contributed by atoms with Crippen LogP contribution >= 0.6 is 11.6 Å². The maximum Gasteiger partial charge on any atom is 0.345 e. The molecule has 0 amide bonds. The fraction of sp³-hybridized carbons (Fsp3) is 0.158. The topological polar surface area (TPSA) is 82.8 Å². The van der Waals surface area contributed by atoms with Crippen molar-refractivity contribution in [2.24, 2.45) is 0 Å². The van der Waals surface area contributed by atoms with Gasteiger partial charge < -0.3 is 24.1 Å². The molecule has 0 atom stereocenters. The van der Waals surface area contributed by atoms with Gasteiger partial charge in [0, 0.05) is 16.7 Å². The van der Waals surface area contributed by atoms with E-state index in [1.54, 1.807) is 49.6 Å². The number of benzene rings is 2. The largest absolute Gasteiger partial charge is 0.497 e. The summed E-state index contributed by atoms with van der Waals surface area (Å²) < 4.78 is 20.8. The number of carbonyl (C=O) groups is 1. The minimum Gasteiger partial charge on any atom is -0.497 e. The molecule has 1 aromatic heterocycles. The number of carbonyl (C=O) groups excluding carboxylic acids is 1. The van der Waals surface area contributed by atoms with E-state index in [2.05, 4.69) is 10.5 Å². The van der Waals surface area contributed by atoms with Gasteiger partial charge in [0.25, 0.3) is 0 Å². The number of hydrogen-bond donors (Lipinski definition) is 1. The third kappa shape index (κ3) is 3.83. The van der Waals surface area contributed by atoms with Crippen molar-refractivity contribution in [2.45, 2.75) is 0 Å². The van der Waals surface area contributed by atoms with E-state index in [4.69, 9.17) is 30.3 Å². The zero-order chi connectivity index (χ0) is 19.4. The summed E-state index contributed by atoms with van der Waals surface area (Å²) in [6.07, 6.45) is 0. The van der Waals surface area contributed by atoms with Crippen molar-refractivity contribution in [3.63, 3.8) is 0 Å². The van der Waals surface area contributed by atoms with Crippen molar-refractivity contribution in [3.8, 4) is 22.8 Å². The van der Waals surface area contributed by atoms with Crippen LogP contribution < -0.4 is 14.8 Å². The molecule has 1 heterocycles. The second kappa shape index (κ2) is 8.01. The molecule has 0 unspecified atom stereocenters. The van der Waals surface area contributed by atoms with Crippen molar-refractivity contribution >= 4 is 29.1 Å². The van der Waals surface area contributed by atoms with Gasteiger partial charge in [0.05, 0.1) is 27.0 Å². The van der Waals surface area contributed by atoms with E-state index in [9.17, 15) is 4.79 Å². The minimum absolute atomic E-state index is 0.135. The Morgan fingerprint density at radius 2 is 1.81 bits per heavy atom. The third-order valence-electron chi connectivity index (χ3n) is 3.86. The first kappa shape index (κ1) is 18.6. The van der Waals surface area contributed by atoms with E-state index in [0.29, 0.717) is 33.5 Å². The molecule has 0 bridgehead atoms. The lowest BCUT2D eigenvalue weighted by Crippen LogP contribution is -2.05. The first-order valence-electron chi connectivity index (χ1n) is 7.90. The molecule has 0 radical (unpaired) electrons. The first-order valence-corrected chi connectivity index (χ1v) is 8.28. The molecular formula is C19H17ClN2O5. The fourth-order valence-electron chi connectivity index (χ4n) is 2.50. The van der Waals surface area contributed by atoms with Gasteiger partial charge in [-0.15, -0.1) is 0 Å². The molecule has 0 fully saturated rings. The number of halogens is 1. The third-order valence-corrected chi connectivity index (χ3v) is 4.11. The van der Waals surface area contributed by atoms with Gasteiger partial charge >= 0.3 is 5.97 Å². The van der Waals surface area contributed by atoms with Gasteiger partial charge in [-0.1, -0.05) is 28.9 Å². The Morgan fingerprint density at radius 3 is 2.44 bits per heavy atom. The molecule has 3 aromatic rings. The Labute approximate surface area is 160 Å². The smallest absolute Gasteiger partial charge is 0.345 e. The number of methoxy groups -OCH3 is 3. The molecule has 0 saturated heterocycles. The maximum atomic E-state index is 12.4. The van der Waals surface area contributed by atoms with Crippen LogP contribution in [0.1, 0.15) is 10.4 Å². The Kier molecular flexibility index (Phi) is 5.52. The fourth-order valence-corrected chi connectivity index (χ4v) is 2.62. The summed E-state index contributed by atoms with van der Waals surface area (Å²) in [5.74, 6) is 0.686. The molecule has 1 N–H and O–H groups in total. The van der Waals surface area contributed by atoms with E-state index >= 15 is 0 Å². The van der Waals surface area contributed by atoms with Gasteiger partial charge in [-0.25, -0.2) is 4.79 Å². The quantitative estimate of drug-likeness (QED) is 0.620. The summed E-state index contributed by atoms with van der Waals surface area (Å²) in [6, 6.07) is 12.1. The van der Waals surface area contributed by atoms with Crippen LogP contribution in [0.2, 0.25) is 5.02 Å². The molecule has 2 aromatic carbocycles. The van der Waals surface area contributed by atoms with Crippen molar-refractivity contribution in [1.82, 2.24) is 5.16 Å². The summed E-state index contributed by atoms with van der Waals surface area (Å²) >= 11 is 5.93. The van der Waals surface area contributed by atoms with E-state index in [0.717, 1.165) is 0 Å². The van der Waals surface area contributed by atoms with Crippen LogP contribution in [0.4, 0.5) is 11.6 Å². The zero-order valence-corrected chi connectivity index (χ0v) is 15.7. The number of rotatable bonds is 6. The SMILES string of the molecule is COC(=O)c1c(-c2ccc(Cl)cc2)noc1Nc1ccc(OC)cc1OC. The van der Waals surface area contributed by atoms with Crippen LogP contribution in [0.25, 0.3) is 11.3 Å². The molecule has 0 aliphatic carbocycles. The van der Waals surface area contributed by atoms with Gasteiger partial charge in [-0.05, 0) is 24.3 Å². The van der Waals surface area contributed by atoms with Gasteiger partial charge in [0.1, 0.15) is 17.2 Å². The maximum absolute atomic E-state index is 12.4. The Balaban J connectivity index is 2.04. The van der Waals surface area contributed by atoms with E-state index < -0.39 is 5.97 Å². The molecule has 0 aliphatic rings. The molecule has 0 saturated carbocycles. The highest BCUT2D eigenvalue weighted by molar-refractivity contribution is 6.30. The number of ether oxygens (including phenoxy) is 3. The molecule has 0 spiro atoms. The summed E-state index contributed by atoms with van der Waals surface area (Å²) in [6.45, 7) is 0. The van der Waals surface area contributed by atoms with Crippen LogP contribution in [0.5, 0.6) is 11.5 Å². The number of hydrogen-bond acceptors (Lipinski definition) is 7. The van der Waals surface area contributed by atoms with Crippen molar-refractivity contribution in [2.75, 3.05) is 26.6 Å². The lowest BCUT2D eigenvalue weighted by Gasteiger charge is -2.11. The van der Waals surface area contributed by atoms with Crippen LogP contribution in [-0.4, -0.2) is 32.5 Å². The standard InChI is InChI=1S/C19H17ClN2O5/c1-24-13-8-9-14(15(10-13)25-2)21-18-16(19(23)26-3)17(22-27-18)11-4-6-12(20)7-5-11/h4-10,21H,1-3H3. The average molecular weight is 389 g/mol. The van der Waals surface area contributed by atoms with Crippen LogP contribution in [0, 0.1) is 0 Å². The minimum atomic E-state index is -0.587. The molecular weight excluding hydrogens is 372 g/mol. The number of aromatic nitrogens is 1. The monoisotopic (exact) mass is 388 g/mol. The summed E-state index contributed by atoms with van der Waals surface area (Å²) in [5.41, 5.74) is 1.74. The van der Waals surface area contributed by atoms with Crippen molar-refractivity contribution in [3.05, 3.63) is 53.1 Å². The number of nitrogens with zero attached hydrogens (tertiary/aromatic N) is 1. The Hall–Kier alpha value is -3.19. The van der Waals surface area contributed by atoms with Gasteiger partial charge in [0.15, 0.2) is 5.56 Å². The van der Waals surface area contributed by atoms with Gasteiger partial charge in [0.2, 0.25) is 5.88 Å². The number of anilines is 2. The predicted octanol–water partition coefficient (Wildman–Crippen LogP) is 4.54. The Morgan fingerprint density at radius 1 is 1.07 bits per heavy atom. The number of nitrogens with one attached hydrogen (secondary N) is 1. The summed E-state index contributed by atoms with van der Waals surface area (Å²) in [7, 11) is 4.38.